The van der Waals surface area contributed by atoms with E-state index in [1.807, 2.05) is 0 Å². The van der Waals surface area contributed by atoms with E-state index in [1.165, 1.54) is 12.0 Å². The maximum Gasteiger partial charge on any atom is 0.259 e. The lowest BCUT2D eigenvalue weighted by molar-refractivity contribution is -0.159. The summed E-state index contributed by atoms with van der Waals surface area (Å²) in [7, 11) is 1.45. The second-order valence-corrected chi connectivity index (χ2v) is 6.07. The van der Waals surface area contributed by atoms with Crippen LogP contribution in [0.25, 0.3) is 0 Å². The summed E-state index contributed by atoms with van der Waals surface area (Å²) < 4.78 is 4.74. The van der Waals surface area contributed by atoms with Crippen LogP contribution < -0.4 is 5.32 Å². The molecule has 1 aromatic carbocycles. The summed E-state index contributed by atoms with van der Waals surface area (Å²) >= 11 is 5.95. The third kappa shape index (κ3) is 3.83. The monoisotopic (exact) mass is 340 g/mol. The largest absolute Gasteiger partial charge is 0.375 e. The molecule has 7 heteroatoms. The predicted octanol–water partition coefficient (Wildman–Crippen LogP) is 0.911. The number of benzene rings is 1. The van der Waals surface area contributed by atoms with Gasteiger partial charge in [0.05, 0.1) is 6.04 Å². The number of hydrogen-bond donors (Lipinski definition) is 2. The third-order valence-corrected chi connectivity index (χ3v) is 4.21. The lowest BCUT2D eigenvalue weighted by atomic mass is 9.88. The Balaban J connectivity index is 2.01. The molecule has 1 heterocycles. The van der Waals surface area contributed by atoms with Crippen LogP contribution in [0.5, 0.6) is 0 Å². The van der Waals surface area contributed by atoms with E-state index in [0.29, 0.717) is 23.7 Å². The number of halogens is 1. The number of amides is 2. The van der Waals surface area contributed by atoms with E-state index in [2.05, 4.69) is 5.32 Å². The van der Waals surface area contributed by atoms with Gasteiger partial charge in [-0.15, -0.1) is 0 Å². The summed E-state index contributed by atoms with van der Waals surface area (Å²) in [5.41, 5.74) is -1.13. The Labute approximate surface area is 140 Å². The lowest BCUT2D eigenvalue weighted by Crippen LogP contribution is -2.64. The van der Waals surface area contributed by atoms with Gasteiger partial charge in [0.25, 0.3) is 5.91 Å². The number of carbonyl (C=O) groups is 2. The van der Waals surface area contributed by atoms with Crippen LogP contribution in [0.4, 0.5) is 0 Å². The van der Waals surface area contributed by atoms with Gasteiger partial charge in [-0.3, -0.25) is 9.59 Å². The number of aliphatic hydroxyl groups is 1. The van der Waals surface area contributed by atoms with Crippen molar-refractivity contribution in [3.05, 3.63) is 34.9 Å². The van der Waals surface area contributed by atoms with E-state index < -0.39 is 5.60 Å². The zero-order valence-electron chi connectivity index (χ0n) is 13.2. The van der Waals surface area contributed by atoms with Crippen molar-refractivity contribution < 1.29 is 19.4 Å². The van der Waals surface area contributed by atoms with Gasteiger partial charge in [0.1, 0.15) is 6.61 Å². The number of nitrogens with one attached hydrogen (secondary N) is 1. The topological polar surface area (TPSA) is 78.9 Å². The average molecular weight is 341 g/mol. The number of ether oxygens (including phenoxy) is 1. The Morgan fingerprint density at radius 3 is 2.74 bits per heavy atom. The van der Waals surface area contributed by atoms with Crippen LogP contribution in [0.3, 0.4) is 0 Å². The van der Waals surface area contributed by atoms with Gasteiger partial charge in [-0.2, -0.15) is 0 Å². The maximum atomic E-state index is 12.6. The number of carbonyl (C=O) groups excluding carboxylic acids is 2. The van der Waals surface area contributed by atoms with Crippen LogP contribution in [0.15, 0.2) is 24.3 Å². The molecule has 1 fully saturated rings. The van der Waals surface area contributed by atoms with Gasteiger partial charge in [0, 0.05) is 25.2 Å². The molecule has 1 aliphatic heterocycles. The molecule has 2 N–H and O–H groups in total. The van der Waals surface area contributed by atoms with Crippen molar-refractivity contribution in [1.82, 2.24) is 10.2 Å². The molecule has 0 saturated carbocycles. The second kappa shape index (κ2) is 7.29. The molecule has 0 aliphatic carbocycles. The molecule has 2 rings (SSSR count). The summed E-state index contributed by atoms with van der Waals surface area (Å²) in [6.07, 6.45) is 0.239. The molecule has 126 valence electrons. The molecule has 0 spiro atoms. The Bertz CT molecular complexity index is 589. The van der Waals surface area contributed by atoms with Crippen LogP contribution in [0.2, 0.25) is 5.02 Å². The first-order valence-corrected chi connectivity index (χ1v) is 7.84. The van der Waals surface area contributed by atoms with Crippen LogP contribution >= 0.6 is 11.6 Å². The Hall–Kier alpha value is -1.63. The molecule has 0 aromatic heterocycles. The minimum absolute atomic E-state index is 0.00808. The number of hydrogen-bond acceptors (Lipinski definition) is 4. The molecule has 1 atom stereocenters. The standard InChI is InChI=1S/C16H21ClN2O4/c1-3-16(22,11-5-4-6-12(17)7-11)15(21)19-8-13(9-19)18-14(20)10-23-2/h4-7,13,22H,3,8-10H2,1-2H3,(H,18,20)/t16-/m1/s1. The molecule has 6 nitrogen and oxygen atoms in total. The van der Waals surface area contributed by atoms with E-state index in [0.717, 1.165) is 0 Å². The van der Waals surface area contributed by atoms with Crippen molar-refractivity contribution in [2.45, 2.75) is 25.0 Å². The van der Waals surface area contributed by atoms with Crippen LogP contribution in [-0.4, -0.2) is 54.7 Å². The van der Waals surface area contributed by atoms with E-state index >= 15 is 0 Å². The molecule has 0 bridgehead atoms. The van der Waals surface area contributed by atoms with Crippen molar-refractivity contribution in [2.24, 2.45) is 0 Å². The zero-order chi connectivity index (χ0) is 17.0. The second-order valence-electron chi connectivity index (χ2n) is 5.63. The number of nitrogens with zero attached hydrogens (tertiary/aromatic N) is 1. The maximum absolute atomic E-state index is 12.6. The molecule has 0 unspecified atom stereocenters. The van der Waals surface area contributed by atoms with Gasteiger partial charge in [-0.05, 0) is 24.1 Å². The smallest absolute Gasteiger partial charge is 0.259 e. The molecular weight excluding hydrogens is 320 g/mol. The first-order valence-electron chi connectivity index (χ1n) is 7.46. The van der Waals surface area contributed by atoms with Gasteiger partial charge in [-0.1, -0.05) is 30.7 Å². The Morgan fingerprint density at radius 1 is 1.48 bits per heavy atom. The van der Waals surface area contributed by atoms with Gasteiger partial charge >= 0.3 is 0 Å². The van der Waals surface area contributed by atoms with Gasteiger partial charge < -0.3 is 20.1 Å². The molecule has 0 radical (unpaired) electrons. The van der Waals surface area contributed by atoms with E-state index in [-0.39, 0.29) is 30.9 Å². The fraction of sp³-hybridized carbons (Fsp3) is 0.500. The van der Waals surface area contributed by atoms with Crippen molar-refractivity contribution in [3.8, 4) is 0 Å². The normalized spacial score (nSPS) is 17.3. The van der Waals surface area contributed by atoms with Crippen LogP contribution in [0, 0.1) is 0 Å². The molecule has 1 saturated heterocycles. The van der Waals surface area contributed by atoms with Gasteiger partial charge in [-0.25, -0.2) is 0 Å². The third-order valence-electron chi connectivity index (χ3n) is 3.98. The zero-order valence-corrected chi connectivity index (χ0v) is 14.0. The molecular formula is C16H21ClN2O4. The summed E-state index contributed by atoms with van der Waals surface area (Å²) in [6, 6.07) is 6.57. The summed E-state index contributed by atoms with van der Waals surface area (Å²) in [5.74, 6) is -0.593. The van der Waals surface area contributed by atoms with E-state index in [9.17, 15) is 14.7 Å². The van der Waals surface area contributed by atoms with Crippen LogP contribution in [-0.2, 0) is 19.9 Å². The average Bonchev–Trinajstić information content (AvgIpc) is 2.49. The van der Waals surface area contributed by atoms with Crippen LogP contribution in [0.1, 0.15) is 18.9 Å². The molecule has 23 heavy (non-hydrogen) atoms. The van der Waals surface area contributed by atoms with Crippen molar-refractivity contribution >= 4 is 23.4 Å². The van der Waals surface area contributed by atoms with Gasteiger partial charge in [0.15, 0.2) is 5.60 Å². The first kappa shape index (κ1) is 17.7. The first-order chi connectivity index (χ1) is 10.9. The number of rotatable bonds is 6. The Kier molecular flexibility index (Phi) is 5.62. The highest BCUT2D eigenvalue weighted by Gasteiger charge is 2.44. The molecule has 1 aromatic rings. The fourth-order valence-corrected chi connectivity index (χ4v) is 2.81. The Morgan fingerprint density at radius 2 is 2.17 bits per heavy atom. The highest BCUT2D eigenvalue weighted by atomic mass is 35.5. The highest BCUT2D eigenvalue weighted by molar-refractivity contribution is 6.30. The fourth-order valence-electron chi connectivity index (χ4n) is 2.62. The minimum atomic E-state index is -1.60. The van der Waals surface area contributed by atoms with Crippen molar-refractivity contribution in [3.63, 3.8) is 0 Å². The van der Waals surface area contributed by atoms with E-state index in [4.69, 9.17) is 16.3 Å². The van der Waals surface area contributed by atoms with Crippen molar-refractivity contribution in [1.29, 1.82) is 0 Å². The summed E-state index contributed by atoms with van der Waals surface area (Å²) in [4.78, 5) is 25.6. The van der Waals surface area contributed by atoms with Crippen molar-refractivity contribution in [2.75, 3.05) is 26.8 Å². The SMILES string of the molecule is CC[C@](O)(C(=O)N1CC(NC(=O)COC)C1)c1cccc(Cl)c1. The minimum Gasteiger partial charge on any atom is -0.375 e. The quantitative estimate of drug-likeness (QED) is 0.807. The molecule has 1 aliphatic rings. The van der Waals surface area contributed by atoms with E-state index in [1.54, 1.807) is 31.2 Å². The predicted molar refractivity (Wildman–Crippen MR) is 86.0 cm³/mol. The molecule has 2 amide bonds. The summed E-state index contributed by atoms with van der Waals surface area (Å²) in [5, 5.41) is 14.0. The highest BCUT2D eigenvalue weighted by Crippen LogP contribution is 2.30. The number of likely N-dealkylation sites (tertiary alicyclic amines) is 1. The lowest BCUT2D eigenvalue weighted by Gasteiger charge is -2.43. The summed E-state index contributed by atoms with van der Waals surface area (Å²) in [6.45, 7) is 2.48. The van der Waals surface area contributed by atoms with Gasteiger partial charge in [0.2, 0.25) is 5.91 Å². The number of methoxy groups -OCH3 is 1.